The van der Waals surface area contributed by atoms with Gasteiger partial charge >= 0.3 is 7.12 Å². The highest BCUT2D eigenvalue weighted by Crippen LogP contribution is 2.18. The molecule has 0 saturated carbocycles. The molecule has 2 aromatic rings. The van der Waals surface area contributed by atoms with Gasteiger partial charge in [0.25, 0.3) is 0 Å². The molecular weight excluding hydrogens is 274 g/mol. The predicted molar refractivity (Wildman–Crippen MR) is 79.6 cm³/mol. The number of rotatable bonds is 4. The monoisotopic (exact) mass is 288 g/mol. The van der Waals surface area contributed by atoms with Crippen molar-refractivity contribution in [2.75, 3.05) is 13.2 Å². The fourth-order valence-electron chi connectivity index (χ4n) is 2.07. The van der Waals surface area contributed by atoms with E-state index in [9.17, 15) is 0 Å². The van der Waals surface area contributed by atoms with Crippen LogP contribution in [0.2, 0.25) is 5.02 Å². The summed E-state index contributed by atoms with van der Waals surface area (Å²) in [4.78, 5) is 0. The molecular formula is C15H14BClO3. The fourth-order valence-corrected chi connectivity index (χ4v) is 2.25. The van der Waals surface area contributed by atoms with Gasteiger partial charge in [-0.15, -0.1) is 0 Å². The molecule has 1 aliphatic rings. The maximum Gasteiger partial charge on any atom is 0.494 e. The van der Waals surface area contributed by atoms with Crippen molar-refractivity contribution in [1.82, 2.24) is 0 Å². The van der Waals surface area contributed by atoms with Gasteiger partial charge in [0.1, 0.15) is 12.4 Å². The molecule has 1 aliphatic heterocycles. The number of hydrogen-bond donors (Lipinski definition) is 0. The summed E-state index contributed by atoms with van der Waals surface area (Å²) in [5, 5.41) is 0.660. The Labute approximate surface area is 123 Å². The third-order valence-corrected chi connectivity index (χ3v) is 3.29. The summed E-state index contributed by atoms with van der Waals surface area (Å²) in [6.07, 6.45) is -0.0702. The molecule has 0 N–H and O–H groups in total. The number of benzene rings is 2. The Balaban J connectivity index is 1.53. The molecule has 102 valence electrons. The van der Waals surface area contributed by atoms with Crippen LogP contribution in [0.25, 0.3) is 0 Å². The molecule has 20 heavy (non-hydrogen) atoms. The molecule has 0 aromatic heterocycles. The molecule has 0 bridgehead atoms. The van der Waals surface area contributed by atoms with Gasteiger partial charge in [-0.1, -0.05) is 48.0 Å². The summed E-state index contributed by atoms with van der Waals surface area (Å²) in [5.74, 6) is 0.740. The van der Waals surface area contributed by atoms with E-state index in [-0.39, 0.29) is 13.2 Å². The van der Waals surface area contributed by atoms with Gasteiger partial charge in [-0.3, -0.25) is 0 Å². The van der Waals surface area contributed by atoms with Crippen LogP contribution in [0.1, 0.15) is 0 Å². The average Bonchev–Trinajstić information content (AvgIpc) is 2.95. The van der Waals surface area contributed by atoms with Crippen molar-refractivity contribution in [1.29, 1.82) is 0 Å². The second-order valence-electron chi connectivity index (χ2n) is 4.60. The minimum absolute atomic E-state index is 0.0702. The molecule has 1 saturated heterocycles. The Bertz CT molecular complexity index is 564. The lowest BCUT2D eigenvalue weighted by molar-refractivity contribution is 0.148. The second-order valence-corrected chi connectivity index (χ2v) is 5.04. The summed E-state index contributed by atoms with van der Waals surface area (Å²) in [6, 6.07) is 17.2. The lowest BCUT2D eigenvalue weighted by atomic mass is 9.79. The molecule has 3 nitrogen and oxygen atoms in total. The van der Waals surface area contributed by atoms with Gasteiger partial charge in [-0.25, -0.2) is 0 Å². The van der Waals surface area contributed by atoms with Crippen molar-refractivity contribution in [3.63, 3.8) is 0 Å². The smallest absolute Gasteiger partial charge is 0.491 e. The van der Waals surface area contributed by atoms with Crippen molar-refractivity contribution in [3.05, 3.63) is 59.6 Å². The summed E-state index contributed by atoms with van der Waals surface area (Å²) >= 11 is 5.91. The molecule has 3 rings (SSSR count). The van der Waals surface area contributed by atoms with E-state index in [1.165, 1.54) is 0 Å². The Morgan fingerprint density at radius 2 is 2.00 bits per heavy atom. The zero-order chi connectivity index (χ0) is 13.8. The van der Waals surface area contributed by atoms with E-state index in [1.807, 2.05) is 48.5 Å². The first-order valence-electron chi connectivity index (χ1n) is 6.51. The topological polar surface area (TPSA) is 27.7 Å². The number of hydrogen-bond acceptors (Lipinski definition) is 3. The summed E-state index contributed by atoms with van der Waals surface area (Å²) < 4.78 is 17.1. The molecule has 0 radical (unpaired) electrons. The maximum atomic E-state index is 5.91. The zero-order valence-electron chi connectivity index (χ0n) is 10.9. The van der Waals surface area contributed by atoms with Crippen LogP contribution in [0.3, 0.4) is 0 Å². The standard InChI is InChI=1S/C15H14BClO3/c17-13-7-4-8-14(9-13)18-10-15-11-19-16(20-15)12-5-2-1-3-6-12/h1-9,15H,10-11H2. The third kappa shape index (κ3) is 3.34. The largest absolute Gasteiger partial charge is 0.494 e. The van der Waals surface area contributed by atoms with E-state index >= 15 is 0 Å². The predicted octanol–water partition coefficient (Wildman–Crippen LogP) is 2.53. The minimum atomic E-state index is -0.302. The average molecular weight is 289 g/mol. The van der Waals surface area contributed by atoms with Crippen LogP contribution in [0.5, 0.6) is 5.75 Å². The second kappa shape index (κ2) is 6.31. The van der Waals surface area contributed by atoms with Crippen LogP contribution in [-0.2, 0) is 9.31 Å². The Hall–Kier alpha value is -1.49. The Morgan fingerprint density at radius 3 is 2.80 bits per heavy atom. The molecule has 1 heterocycles. The van der Waals surface area contributed by atoms with E-state index in [0.29, 0.717) is 18.2 Å². The molecule has 5 heteroatoms. The van der Waals surface area contributed by atoms with E-state index in [4.69, 9.17) is 25.6 Å². The van der Waals surface area contributed by atoms with E-state index in [0.717, 1.165) is 11.2 Å². The van der Waals surface area contributed by atoms with E-state index in [1.54, 1.807) is 6.07 Å². The van der Waals surface area contributed by atoms with E-state index in [2.05, 4.69) is 0 Å². The SMILES string of the molecule is Clc1cccc(OCC2COB(c3ccccc3)O2)c1. The molecule has 2 aromatic carbocycles. The lowest BCUT2D eigenvalue weighted by Gasteiger charge is -2.11. The molecule has 0 aliphatic carbocycles. The molecule has 1 fully saturated rings. The van der Waals surface area contributed by atoms with Crippen LogP contribution in [-0.4, -0.2) is 26.4 Å². The van der Waals surface area contributed by atoms with E-state index < -0.39 is 0 Å². The van der Waals surface area contributed by atoms with Crippen molar-refractivity contribution in [3.8, 4) is 5.75 Å². The Kier molecular flexibility index (Phi) is 4.26. The molecule has 1 atom stereocenters. The quantitative estimate of drug-likeness (QED) is 0.809. The van der Waals surface area contributed by atoms with Crippen LogP contribution in [0.15, 0.2) is 54.6 Å². The van der Waals surface area contributed by atoms with Gasteiger partial charge in [0.05, 0.1) is 12.7 Å². The third-order valence-electron chi connectivity index (χ3n) is 3.05. The van der Waals surface area contributed by atoms with Gasteiger partial charge in [-0.05, 0) is 23.7 Å². The van der Waals surface area contributed by atoms with Crippen LogP contribution in [0.4, 0.5) is 0 Å². The summed E-state index contributed by atoms with van der Waals surface area (Å²) in [6.45, 7) is 0.976. The van der Waals surface area contributed by atoms with Crippen LogP contribution in [0, 0.1) is 0 Å². The highest BCUT2D eigenvalue weighted by molar-refractivity contribution is 6.61. The van der Waals surface area contributed by atoms with Crippen molar-refractivity contribution in [2.45, 2.75) is 6.10 Å². The normalized spacial score (nSPS) is 18.2. The van der Waals surface area contributed by atoms with Gasteiger partial charge < -0.3 is 14.0 Å². The number of ether oxygens (including phenoxy) is 1. The number of halogens is 1. The first kappa shape index (κ1) is 13.5. The highest BCUT2D eigenvalue weighted by Gasteiger charge is 2.33. The maximum absolute atomic E-state index is 5.91. The zero-order valence-corrected chi connectivity index (χ0v) is 11.6. The highest BCUT2D eigenvalue weighted by atomic mass is 35.5. The van der Waals surface area contributed by atoms with Crippen molar-refractivity contribution in [2.24, 2.45) is 0 Å². The molecule has 0 spiro atoms. The first-order chi connectivity index (χ1) is 9.81. The van der Waals surface area contributed by atoms with Gasteiger partial charge in [0.15, 0.2) is 0 Å². The lowest BCUT2D eigenvalue weighted by Crippen LogP contribution is -2.33. The first-order valence-corrected chi connectivity index (χ1v) is 6.89. The molecule has 0 amide bonds. The van der Waals surface area contributed by atoms with Gasteiger partial charge in [0.2, 0.25) is 0 Å². The van der Waals surface area contributed by atoms with Gasteiger partial charge in [-0.2, -0.15) is 0 Å². The van der Waals surface area contributed by atoms with Crippen molar-refractivity contribution >= 4 is 24.2 Å². The van der Waals surface area contributed by atoms with Crippen molar-refractivity contribution < 1.29 is 14.0 Å². The molecule has 1 unspecified atom stereocenters. The van der Waals surface area contributed by atoms with Gasteiger partial charge in [0, 0.05) is 5.02 Å². The summed E-state index contributed by atoms with van der Waals surface area (Å²) in [5.41, 5.74) is 1.03. The van der Waals surface area contributed by atoms with Crippen LogP contribution < -0.4 is 10.2 Å². The van der Waals surface area contributed by atoms with Crippen LogP contribution >= 0.6 is 11.6 Å². The fraction of sp³-hybridized carbons (Fsp3) is 0.200. The summed E-state index contributed by atoms with van der Waals surface area (Å²) in [7, 11) is -0.302. The minimum Gasteiger partial charge on any atom is -0.491 e. The Morgan fingerprint density at radius 1 is 1.15 bits per heavy atom.